The zero-order valence-corrected chi connectivity index (χ0v) is 11.7. The third-order valence-corrected chi connectivity index (χ3v) is 2.78. The third kappa shape index (κ3) is 3.67. The summed E-state index contributed by atoms with van der Waals surface area (Å²) in [6.07, 6.45) is 1.50. The van der Waals surface area contributed by atoms with E-state index in [0.29, 0.717) is 4.47 Å². The minimum absolute atomic E-state index is 0.0296. The molecule has 0 atom stereocenters. The first kappa shape index (κ1) is 13.9. The van der Waals surface area contributed by atoms with Gasteiger partial charge >= 0.3 is 0 Å². The second kappa shape index (κ2) is 5.97. The average Bonchev–Trinajstić information content (AvgIpc) is 2.31. The quantitative estimate of drug-likeness (QED) is 0.854. The van der Waals surface area contributed by atoms with Crippen LogP contribution in [0.2, 0.25) is 5.15 Å². The van der Waals surface area contributed by atoms with Crippen LogP contribution in [0.15, 0.2) is 16.7 Å². The number of halogens is 2. The maximum atomic E-state index is 12.0. The molecular formula is C10H11BrClN3O2. The van der Waals surface area contributed by atoms with Crippen LogP contribution in [0.3, 0.4) is 0 Å². The summed E-state index contributed by atoms with van der Waals surface area (Å²) in [5.74, 6) is -0.604. The standard InChI is InChI=1S/C10H11BrClN3O2/c1-13-8(16)5-15(2)10(17)7-3-6(11)4-14-9(7)12/h3-4H,5H2,1-2H3,(H,13,16). The topological polar surface area (TPSA) is 62.3 Å². The molecule has 0 radical (unpaired) electrons. The van der Waals surface area contributed by atoms with Crippen LogP contribution in [-0.4, -0.2) is 42.3 Å². The fourth-order valence-electron chi connectivity index (χ4n) is 1.14. The molecule has 5 nitrogen and oxygen atoms in total. The van der Waals surface area contributed by atoms with Crippen LogP contribution >= 0.6 is 27.5 Å². The van der Waals surface area contributed by atoms with E-state index in [1.54, 1.807) is 6.07 Å². The number of nitrogens with zero attached hydrogens (tertiary/aromatic N) is 2. The molecule has 0 bridgehead atoms. The van der Waals surface area contributed by atoms with Gasteiger partial charge in [0, 0.05) is 24.8 Å². The van der Waals surface area contributed by atoms with Crippen molar-refractivity contribution in [2.75, 3.05) is 20.6 Å². The van der Waals surface area contributed by atoms with Gasteiger partial charge in [0.1, 0.15) is 5.15 Å². The molecule has 0 aromatic carbocycles. The molecule has 1 aromatic heterocycles. The molecule has 7 heteroatoms. The number of carbonyl (C=O) groups excluding carboxylic acids is 2. The fourth-order valence-corrected chi connectivity index (χ4v) is 1.66. The van der Waals surface area contributed by atoms with Crippen molar-refractivity contribution in [1.29, 1.82) is 0 Å². The average molecular weight is 321 g/mol. The van der Waals surface area contributed by atoms with Gasteiger partial charge in [-0.1, -0.05) is 11.6 Å². The summed E-state index contributed by atoms with van der Waals surface area (Å²) in [5.41, 5.74) is 0.257. The van der Waals surface area contributed by atoms with E-state index in [-0.39, 0.29) is 29.1 Å². The number of aromatic nitrogens is 1. The zero-order chi connectivity index (χ0) is 13.0. The smallest absolute Gasteiger partial charge is 0.257 e. The molecule has 1 N–H and O–H groups in total. The lowest BCUT2D eigenvalue weighted by Gasteiger charge is -2.16. The lowest BCUT2D eigenvalue weighted by Crippen LogP contribution is -2.37. The highest BCUT2D eigenvalue weighted by Crippen LogP contribution is 2.19. The minimum Gasteiger partial charge on any atom is -0.358 e. The molecule has 92 valence electrons. The Balaban J connectivity index is 2.88. The summed E-state index contributed by atoms with van der Waals surface area (Å²) in [5, 5.41) is 2.55. The Bertz CT molecular complexity index is 453. The summed E-state index contributed by atoms with van der Waals surface area (Å²) >= 11 is 9.03. The van der Waals surface area contributed by atoms with Crippen LogP contribution in [0.25, 0.3) is 0 Å². The number of amides is 2. The van der Waals surface area contributed by atoms with Gasteiger partial charge < -0.3 is 10.2 Å². The van der Waals surface area contributed by atoms with Crippen molar-refractivity contribution in [2.24, 2.45) is 0 Å². The molecule has 0 saturated heterocycles. The largest absolute Gasteiger partial charge is 0.358 e. The molecule has 0 fully saturated rings. The summed E-state index contributed by atoms with van der Waals surface area (Å²) < 4.78 is 0.651. The number of hydrogen-bond acceptors (Lipinski definition) is 3. The van der Waals surface area contributed by atoms with Crippen LogP contribution in [0, 0.1) is 0 Å². The Labute approximate surface area is 112 Å². The highest BCUT2D eigenvalue weighted by Gasteiger charge is 2.18. The number of rotatable bonds is 3. The second-order valence-electron chi connectivity index (χ2n) is 3.33. The highest BCUT2D eigenvalue weighted by molar-refractivity contribution is 9.10. The van der Waals surface area contributed by atoms with Crippen LogP contribution in [0.4, 0.5) is 0 Å². The lowest BCUT2D eigenvalue weighted by atomic mass is 10.2. The number of pyridine rings is 1. The van der Waals surface area contributed by atoms with Crippen molar-refractivity contribution in [1.82, 2.24) is 15.2 Å². The molecule has 2 amide bonds. The van der Waals surface area contributed by atoms with Crippen molar-refractivity contribution in [3.8, 4) is 0 Å². The van der Waals surface area contributed by atoms with Crippen LogP contribution in [0.5, 0.6) is 0 Å². The van der Waals surface area contributed by atoms with E-state index < -0.39 is 0 Å². The van der Waals surface area contributed by atoms with Crippen LogP contribution < -0.4 is 5.32 Å². The van der Waals surface area contributed by atoms with E-state index in [9.17, 15) is 9.59 Å². The molecule has 0 aliphatic heterocycles. The van der Waals surface area contributed by atoms with Gasteiger partial charge in [-0.15, -0.1) is 0 Å². The number of carbonyl (C=O) groups is 2. The molecule has 0 unspecified atom stereocenters. The molecule has 0 aliphatic rings. The predicted molar refractivity (Wildman–Crippen MR) is 68.0 cm³/mol. The number of nitrogens with one attached hydrogen (secondary N) is 1. The molecule has 0 aliphatic carbocycles. The first-order valence-electron chi connectivity index (χ1n) is 4.72. The fraction of sp³-hybridized carbons (Fsp3) is 0.300. The number of hydrogen-bond donors (Lipinski definition) is 1. The van der Waals surface area contributed by atoms with Crippen molar-refractivity contribution < 1.29 is 9.59 Å². The second-order valence-corrected chi connectivity index (χ2v) is 4.60. The SMILES string of the molecule is CNC(=O)CN(C)C(=O)c1cc(Br)cnc1Cl. The first-order valence-corrected chi connectivity index (χ1v) is 5.90. The molecule has 1 rings (SSSR count). The third-order valence-electron chi connectivity index (χ3n) is 2.04. The maximum absolute atomic E-state index is 12.0. The van der Waals surface area contributed by atoms with E-state index >= 15 is 0 Å². The van der Waals surface area contributed by atoms with Gasteiger partial charge in [0.25, 0.3) is 5.91 Å². The van der Waals surface area contributed by atoms with Crippen molar-refractivity contribution in [2.45, 2.75) is 0 Å². The van der Waals surface area contributed by atoms with Crippen molar-refractivity contribution in [3.05, 3.63) is 27.5 Å². The summed E-state index contributed by atoms with van der Waals surface area (Å²) in [7, 11) is 3.03. The van der Waals surface area contributed by atoms with Crippen molar-refractivity contribution >= 4 is 39.3 Å². The van der Waals surface area contributed by atoms with E-state index in [2.05, 4.69) is 26.2 Å². The summed E-state index contributed by atoms with van der Waals surface area (Å²) in [6.45, 7) is -0.0296. The van der Waals surface area contributed by atoms with E-state index in [4.69, 9.17) is 11.6 Å². The van der Waals surface area contributed by atoms with Gasteiger partial charge in [-0.05, 0) is 22.0 Å². The summed E-state index contributed by atoms with van der Waals surface area (Å²) in [6, 6.07) is 1.57. The van der Waals surface area contributed by atoms with Gasteiger partial charge in [0.15, 0.2) is 0 Å². The Hall–Kier alpha value is -1.14. The van der Waals surface area contributed by atoms with Crippen LogP contribution in [-0.2, 0) is 4.79 Å². The molecule has 0 spiro atoms. The van der Waals surface area contributed by atoms with E-state index in [1.165, 1.54) is 25.2 Å². The van der Waals surface area contributed by atoms with Gasteiger partial charge in [-0.3, -0.25) is 9.59 Å². The molecule has 0 saturated carbocycles. The van der Waals surface area contributed by atoms with Gasteiger partial charge in [0.2, 0.25) is 5.91 Å². The highest BCUT2D eigenvalue weighted by atomic mass is 79.9. The van der Waals surface area contributed by atoms with Gasteiger partial charge in [-0.25, -0.2) is 4.98 Å². The first-order chi connectivity index (χ1) is 7.95. The number of likely N-dealkylation sites (N-methyl/N-ethyl adjacent to an activating group) is 2. The minimum atomic E-state index is -0.354. The van der Waals surface area contributed by atoms with E-state index in [0.717, 1.165) is 0 Å². The normalized spacial score (nSPS) is 9.88. The molecule has 1 heterocycles. The molecular weight excluding hydrogens is 309 g/mol. The van der Waals surface area contributed by atoms with E-state index in [1.807, 2.05) is 0 Å². The Morgan fingerprint density at radius 2 is 2.24 bits per heavy atom. The Morgan fingerprint density at radius 3 is 2.82 bits per heavy atom. The molecule has 17 heavy (non-hydrogen) atoms. The maximum Gasteiger partial charge on any atom is 0.257 e. The lowest BCUT2D eigenvalue weighted by molar-refractivity contribution is -0.121. The summed E-state index contributed by atoms with van der Waals surface area (Å²) in [4.78, 5) is 28.2. The van der Waals surface area contributed by atoms with Crippen molar-refractivity contribution in [3.63, 3.8) is 0 Å². The predicted octanol–water partition coefficient (Wildman–Crippen LogP) is 1.32. The zero-order valence-electron chi connectivity index (χ0n) is 9.33. The Kier molecular flexibility index (Phi) is 4.89. The Morgan fingerprint density at radius 1 is 1.59 bits per heavy atom. The van der Waals surface area contributed by atoms with Crippen LogP contribution in [0.1, 0.15) is 10.4 Å². The van der Waals surface area contributed by atoms with Gasteiger partial charge in [-0.2, -0.15) is 0 Å². The van der Waals surface area contributed by atoms with Gasteiger partial charge in [0.05, 0.1) is 12.1 Å². The molecule has 1 aromatic rings. The monoisotopic (exact) mass is 319 g/mol.